The summed E-state index contributed by atoms with van der Waals surface area (Å²) in [7, 11) is 0. The van der Waals surface area contributed by atoms with Gasteiger partial charge in [-0.05, 0) is 13.8 Å². The largest absolute Gasteiger partial charge is 0.501 e. The molecule has 0 heterocycles. The Hall–Kier alpha value is -1.03. The number of carbonyl (C=O) groups is 1. The van der Waals surface area contributed by atoms with Gasteiger partial charge in [-0.25, -0.2) is 4.79 Å². The summed E-state index contributed by atoms with van der Waals surface area (Å²) >= 11 is 0. The van der Waals surface area contributed by atoms with Crippen LogP contribution in [-0.4, -0.2) is 32.4 Å². The van der Waals surface area contributed by atoms with Gasteiger partial charge in [-0.2, -0.15) is 0 Å². The number of esters is 1. The first-order valence-corrected chi connectivity index (χ1v) is 4.33. The molecule has 0 N–H and O–H groups in total. The average Bonchev–Trinajstić information content (AvgIpc) is 2.13. The van der Waals surface area contributed by atoms with Gasteiger partial charge in [0.05, 0.1) is 25.6 Å². The number of carbonyl (C=O) groups excluding carboxylic acids is 1. The second-order valence-corrected chi connectivity index (χ2v) is 2.12. The van der Waals surface area contributed by atoms with Crippen LogP contribution in [-0.2, 0) is 19.0 Å². The van der Waals surface area contributed by atoms with E-state index in [9.17, 15) is 4.79 Å². The highest BCUT2D eigenvalue weighted by molar-refractivity contribution is 5.81. The minimum atomic E-state index is -0.409. The molecule has 0 aliphatic carbocycles. The molecule has 13 heavy (non-hydrogen) atoms. The van der Waals surface area contributed by atoms with Crippen molar-refractivity contribution in [3.05, 3.63) is 12.3 Å². The predicted molar refractivity (Wildman–Crippen MR) is 48.2 cm³/mol. The van der Waals surface area contributed by atoms with Crippen LogP contribution in [0.5, 0.6) is 0 Å². The summed E-state index contributed by atoms with van der Waals surface area (Å²) in [5.41, 5.74) is 0. The van der Waals surface area contributed by atoms with Crippen molar-refractivity contribution >= 4 is 5.97 Å². The molecular weight excluding hydrogens is 172 g/mol. The van der Waals surface area contributed by atoms with Crippen molar-refractivity contribution in [3.8, 4) is 0 Å². The van der Waals surface area contributed by atoms with Crippen LogP contribution in [0.4, 0.5) is 0 Å². The maximum atomic E-state index is 10.8. The van der Waals surface area contributed by atoms with E-state index in [1.807, 2.05) is 13.8 Å². The highest BCUT2D eigenvalue weighted by Gasteiger charge is 1.95. The fraction of sp³-hybridized carbons (Fsp3) is 0.667. The molecule has 76 valence electrons. The average molecular weight is 188 g/mol. The molecule has 0 unspecified atom stereocenters. The van der Waals surface area contributed by atoms with E-state index in [1.54, 1.807) is 0 Å². The standard InChI is InChI=1S/C9H16O4/c1-3-11-6-5-9(10)13-8-7-12-4-2/h5-6H,3-4,7-8H2,1-2H3. The molecule has 0 saturated heterocycles. The van der Waals surface area contributed by atoms with E-state index in [2.05, 4.69) is 0 Å². The van der Waals surface area contributed by atoms with Gasteiger partial charge in [-0.3, -0.25) is 0 Å². The lowest BCUT2D eigenvalue weighted by molar-refractivity contribution is -0.139. The van der Waals surface area contributed by atoms with E-state index in [1.165, 1.54) is 12.3 Å². The van der Waals surface area contributed by atoms with E-state index in [0.717, 1.165) is 0 Å². The number of rotatable bonds is 7. The molecule has 0 aliphatic rings. The van der Waals surface area contributed by atoms with E-state index in [4.69, 9.17) is 14.2 Å². The maximum absolute atomic E-state index is 10.8. The quantitative estimate of drug-likeness (QED) is 0.260. The van der Waals surface area contributed by atoms with Crippen molar-refractivity contribution in [1.82, 2.24) is 0 Å². The lowest BCUT2D eigenvalue weighted by Gasteiger charge is -2.01. The van der Waals surface area contributed by atoms with Crippen LogP contribution in [0.2, 0.25) is 0 Å². The molecule has 0 bridgehead atoms. The molecular formula is C9H16O4. The first-order valence-electron chi connectivity index (χ1n) is 4.33. The van der Waals surface area contributed by atoms with Crippen molar-refractivity contribution in [2.45, 2.75) is 13.8 Å². The van der Waals surface area contributed by atoms with Gasteiger partial charge in [-0.1, -0.05) is 0 Å². The molecule has 0 aliphatic heterocycles. The van der Waals surface area contributed by atoms with Crippen molar-refractivity contribution in [2.24, 2.45) is 0 Å². The monoisotopic (exact) mass is 188 g/mol. The summed E-state index contributed by atoms with van der Waals surface area (Å²) in [6, 6.07) is 0. The van der Waals surface area contributed by atoms with Gasteiger partial charge in [-0.15, -0.1) is 0 Å². The molecule has 0 atom stereocenters. The summed E-state index contributed by atoms with van der Waals surface area (Å²) in [5, 5.41) is 0. The van der Waals surface area contributed by atoms with E-state index in [0.29, 0.717) is 19.8 Å². The summed E-state index contributed by atoms with van der Waals surface area (Å²) in [6.45, 7) is 5.62. The first-order chi connectivity index (χ1) is 6.31. The lowest BCUT2D eigenvalue weighted by Crippen LogP contribution is -2.08. The van der Waals surface area contributed by atoms with Crippen molar-refractivity contribution in [1.29, 1.82) is 0 Å². The third-order valence-electron chi connectivity index (χ3n) is 1.14. The fourth-order valence-electron chi connectivity index (χ4n) is 0.594. The zero-order chi connectivity index (χ0) is 9.94. The molecule has 0 aromatic carbocycles. The summed E-state index contributed by atoms with van der Waals surface area (Å²) in [6.07, 6.45) is 2.57. The molecule has 4 nitrogen and oxygen atoms in total. The number of hydrogen-bond donors (Lipinski definition) is 0. The maximum Gasteiger partial charge on any atom is 0.333 e. The summed E-state index contributed by atoms with van der Waals surface area (Å²) < 4.78 is 14.6. The Balaban J connectivity index is 3.29. The molecule has 0 saturated carbocycles. The summed E-state index contributed by atoms with van der Waals surface area (Å²) in [5.74, 6) is -0.409. The van der Waals surface area contributed by atoms with Crippen LogP contribution in [0.15, 0.2) is 12.3 Å². The minimum absolute atomic E-state index is 0.281. The van der Waals surface area contributed by atoms with Crippen LogP contribution in [0, 0.1) is 0 Å². The van der Waals surface area contributed by atoms with Gasteiger partial charge in [0.1, 0.15) is 6.61 Å². The third-order valence-corrected chi connectivity index (χ3v) is 1.14. The van der Waals surface area contributed by atoms with Crippen LogP contribution in [0.25, 0.3) is 0 Å². The Bertz CT molecular complexity index is 154. The van der Waals surface area contributed by atoms with Crippen LogP contribution in [0.3, 0.4) is 0 Å². The van der Waals surface area contributed by atoms with Gasteiger partial charge in [0.2, 0.25) is 0 Å². The normalized spacial score (nSPS) is 10.3. The van der Waals surface area contributed by atoms with Gasteiger partial charge in [0.15, 0.2) is 0 Å². The Labute approximate surface area is 78.5 Å². The fourth-order valence-corrected chi connectivity index (χ4v) is 0.594. The van der Waals surface area contributed by atoms with E-state index >= 15 is 0 Å². The Morgan fingerprint density at radius 2 is 2.00 bits per heavy atom. The van der Waals surface area contributed by atoms with Crippen molar-refractivity contribution in [2.75, 3.05) is 26.4 Å². The van der Waals surface area contributed by atoms with Gasteiger partial charge in [0, 0.05) is 6.61 Å². The Morgan fingerprint density at radius 1 is 1.23 bits per heavy atom. The van der Waals surface area contributed by atoms with Gasteiger partial charge in [0.25, 0.3) is 0 Å². The smallest absolute Gasteiger partial charge is 0.333 e. The molecule has 0 fully saturated rings. The van der Waals surface area contributed by atoms with Crippen molar-refractivity contribution < 1.29 is 19.0 Å². The second-order valence-electron chi connectivity index (χ2n) is 2.12. The van der Waals surface area contributed by atoms with Crippen molar-refractivity contribution in [3.63, 3.8) is 0 Å². The zero-order valence-electron chi connectivity index (χ0n) is 8.12. The first kappa shape index (κ1) is 12.0. The van der Waals surface area contributed by atoms with E-state index in [-0.39, 0.29) is 6.61 Å². The van der Waals surface area contributed by atoms with Crippen LogP contribution < -0.4 is 0 Å². The van der Waals surface area contributed by atoms with Crippen LogP contribution in [0.1, 0.15) is 13.8 Å². The molecule has 4 heteroatoms. The summed E-state index contributed by atoms with van der Waals surface area (Å²) in [4.78, 5) is 10.8. The third kappa shape index (κ3) is 8.88. The van der Waals surface area contributed by atoms with Gasteiger partial charge >= 0.3 is 5.97 Å². The molecule has 0 aromatic heterocycles. The Morgan fingerprint density at radius 3 is 2.62 bits per heavy atom. The molecule has 0 radical (unpaired) electrons. The number of ether oxygens (including phenoxy) is 3. The minimum Gasteiger partial charge on any atom is -0.501 e. The molecule has 0 aromatic rings. The predicted octanol–water partition coefficient (Wildman–Crippen LogP) is 1.12. The second kappa shape index (κ2) is 9.06. The van der Waals surface area contributed by atoms with E-state index < -0.39 is 5.97 Å². The molecule has 0 amide bonds. The highest BCUT2D eigenvalue weighted by atomic mass is 16.6. The SMILES string of the molecule is CCOC=CC(=O)OCCOCC. The highest BCUT2D eigenvalue weighted by Crippen LogP contribution is 1.84. The number of hydrogen-bond acceptors (Lipinski definition) is 4. The topological polar surface area (TPSA) is 44.8 Å². The van der Waals surface area contributed by atoms with Gasteiger partial charge < -0.3 is 14.2 Å². The Kier molecular flexibility index (Phi) is 8.34. The lowest BCUT2D eigenvalue weighted by atomic mass is 10.6. The molecule has 0 rings (SSSR count). The molecule has 0 spiro atoms. The van der Waals surface area contributed by atoms with Crippen LogP contribution >= 0.6 is 0 Å². The zero-order valence-corrected chi connectivity index (χ0v) is 8.12.